The third-order valence-electron chi connectivity index (χ3n) is 2.89. The number of rotatable bonds is 5. The maximum Gasteiger partial charge on any atom is 0.399 e. The van der Waals surface area contributed by atoms with E-state index in [4.69, 9.17) is 4.74 Å². The van der Waals surface area contributed by atoms with Crippen molar-refractivity contribution >= 4 is 17.3 Å². The van der Waals surface area contributed by atoms with Gasteiger partial charge in [-0.05, 0) is 25.5 Å². The number of aromatic nitrogens is 2. The van der Waals surface area contributed by atoms with Crippen molar-refractivity contribution < 1.29 is 13.5 Å². The van der Waals surface area contributed by atoms with Gasteiger partial charge in [0.15, 0.2) is 0 Å². The number of alkyl halides is 2. The molecule has 0 radical (unpaired) electrons. The van der Waals surface area contributed by atoms with Crippen LogP contribution in [-0.2, 0) is 0 Å². The van der Waals surface area contributed by atoms with Crippen LogP contribution in [0, 0.1) is 0 Å². The van der Waals surface area contributed by atoms with Gasteiger partial charge in [0, 0.05) is 13.1 Å². The number of hydrogen-bond donors (Lipinski definition) is 0. The number of likely N-dealkylation sites (N-methyl/N-ethyl adjacent to an activating group) is 1. The van der Waals surface area contributed by atoms with E-state index in [0.717, 1.165) is 30.3 Å². The summed E-state index contributed by atoms with van der Waals surface area (Å²) in [7, 11) is 1.99. The Bertz CT molecular complexity index is 477. The Morgan fingerprint density at radius 3 is 2.59 bits per heavy atom. The molecule has 1 aliphatic heterocycles. The van der Waals surface area contributed by atoms with Crippen LogP contribution in [0.25, 0.3) is 5.57 Å². The Labute approximate surface area is 135 Å². The molecule has 1 aliphatic rings. The highest BCUT2D eigenvalue weighted by atomic mass is 32.1. The molecule has 0 bridgehead atoms. The molecule has 0 spiro atoms. The van der Waals surface area contributed by atoms with Gasteiger partial charge in [-0.25, -0.2) is 0 Å². The minimum Gasteiger partial charge on any atom is -0.411 e. The van der Waals surface area contributed by atoms with Crippen LogP contribution in [0.1, 0.15) is 52.1 Å². The summed E-state index contributed by atoms with van der Waals surface area (Å²) in [6.07, 6.45) is 1.00. The van der Waals surface area contributed by atoms with Crippen LogP contribution in [-0.4, -0.2) is 39.9 Å². The van der Waals surface area contributed by atoms with E-state index in [1.54, 1.807) is 6.92 Å². The first kappa shape index (κ1) is 19.0. The van der Waals surface area contributed by atoms with Gasteiger partial charge in [-0.3, -0.25) is 0 Å². The molecule has 0 unspecified atom stereocenters. The van der Waals surface area contributed by atoms with Gasteiger partial charge in [-0.1, -0.05) is 33.3 Å². The summed E-state index contributed by atoms with van der Waals surface area (Å²) in [5.41, 5.74) is 1.36. The molecule has 4 nitrogen and oxygen atoms in total. The van der Waals surface area contributed by atoms with Crippen molar-refractivity contribution in [2.75, 3.05) is 20.1 Å². The third-order valence-corrected chi connectivity index (χ3v) is 3.40. The second kappa shape index (κ2) is 9.15. The molecule has 7 heteroatoms. The van der Waals surface area contributed by atoms with E-state index in [0.29, 0.717) is 18.7 Å². The fourth-order valence-electron chi connectivity index (χ4n) is 1.99. The zero-order valence-corrected chi connectivity index (χ0v) is 14.6. The van der Waals surface area contributed by atoms with Crippen molar-refractivity contribution in [1.82, 2.24) is 13.6 Å². The van der Waals surface area contributed by atoms with Crippen molar-refractivity contribution in [3.63, 3.8) is 0 Å². The summed E-state index contributed by atoms with van der Waals surface area (Å²) in [6.45, 7) is 7.58. The highest BCUT2D eigenvalue weighted by molar-refractivity contribution is 6.99. The lowest BCUT2D eigenvalue weighted by molar-refractivity contribution is -0.182. The molecule has 22 heavy (non-hydrogen) atoms. The predicted octanol–water partition coefficient (Wildman–Crippen LogP) is 4.45. The molecular weight excluding hydrogens is 308 g/mol. The normalized spacial score (nSPS) is 15.8. The van der Waals surface area contributed by atoms with Crippen LogP contribution in [0.5, 0.6) is 5.88 Å². The molecule has 1 aromatic heterocycles. The lowest BCUT2D eigenvalue weighted by Gasteiger charge is -2.22. The Hall–Kier alpha value is -1.08. The Kier molecular flexibility index (Phi) is 7.89. The summed E-state index contributed by atoms with van der Waals surface area (Å²) < 4.78 is 39.7. The van der Waals surface area contributed by atoms with Crippen LogP contribution in [0.15, 0.2) is 6.08 Å². The predicted molar refractivity (Wildman–Crippen MR) is 86.4 cm³/mol. The summed E-state index contributed by atoms with van der Waals surface area (Å²) in [5, 5.41) is 0. The molecule has 2 heterocycles. The van der Waals surface area contributed by atoms with Gasteiger partial charge in [0.05, 0.1) is 18.1 Å². The molecule has 0 atom stereocenters. The van der Waals surface area contributed by atoms with Gasteiger partial charge in [-0.15, -0.1) is 4.37 Å². The lowest BCUT2D eigenvalue weighted by Crippen LogP contribution is -2.27. The van der Waals surface area contributed by atoms with Gasteiger partial charge in [0.2, 0.25) is 0 Å². The van der Waals surface area contributed by atoms with Crippen molar-refractivity contribution in [3.05, 3.63) is 11.8 Å². The molecule has 0 aromatic carbocycles. The van der Waals surface area contributed by atoms with Gasteiger partial charge < -0.3 is 9.64 Å². The van der Waals surface area contributed by atoms with Crippen LogP contribution in [0.4, 0.5) is 8.78 Å². The molecule has 0 amide bonds. The van der Waals surface area contributed by atoms with E-state index in [1.165, 1.54) is 6.42 Å². The zero-order chi connectivity index (χ0) is 16.6. The number of halogens is 2. The van der Waals surface area contributed by atoms with Crippen molar-refractivity contribution in [1.29, 1.82) is 0 Å². The maximum atomic E-state index is 13.5. The lowest BCUT2D eigenvalue weighted by atomic mass is 10.1. The first-order valence-electron chi connectivity index (χ1n) is 7.70. The smallest absolute Gasteiger partial charge is 0.399 e. The Morgan fingerprint density at radius 1 is 1.32 bits per heavy atom. The third kappa shape index (κ3) is 5.96. The topological polar surface area (TPSA) is 38.3 Å². The van der Waals surface area contributed by atoms with Gasteiger partial charge in [0.1, 0.15) is 5.69 Å². The van der Waals surface area contributed by atoms with E-state index >= 15 is 0 Å². The molecule has 0 saturated carbocycles. The average molecular weight is 333 g/mol. The fraction of sp³-hybridized carbons (Fsp3) is 0.733. The maximum absolute atomic E-state index is 13.5. The molecule has 126 valence electrons. The highest BCUT2D eigenvalue weighted by Gasteiger charge is 2.33. The van der Waals surface area contributed by atoms with E-state index in [1.807, 2.05) is 13.1 Å². The standard InChI is InChI=1S/C12H17F2N3OS.C3H8/c1-3-6-12(13,14)18-11-10(15-19-16-11)9-5-4-7-17(2)8-9;1-3-2/h5H,3-4,6-8H2,1-2H3;3H2,1-2H3. The first-order chi connectivity index (χ1) is 10.4. The second-order valence-corrected chi connectivity index (χ2v) is 5.90. The zero-order valence-electron chi connectivity index (χ0n) is 13.7. The minimum absolute atomic E-state index is 0.0509. The monoisotopic (exact) mass is 333 g/mol. The molecule has 1 aromatic rings. The summed E-state index contributed by atoms with van der Waals surface area (Å²) >= 11 is 0.902. The number of nitrogens with zero attached hydrogens (tertiary/aromatic N) is 3. The molecular formula is C15H25F2N3OS. The van der Waals surface area contributed by atoms with Crippen molar-refractivity contribution in [2.45, 2.75) is 52.6 Å². The summed E-state index contributed by atoms with van der Waals surface area (Å²) in [5.74, 6) is -0.0509. The summed E-state index contributed by atoms with van der Waals surface area (Å²) in [4.78, 5) is 2.11. The van der Waals surface area contributed by atoms with Crippen LogP contribution >= 0.6 is 11.7 Å². The minimum atomic E-state index is -3.18. The van der Waals surface area contributed by atoms with Crippen LogP contribution in [0.2, 0.25) is 0 Å². The van der Waals surface area contributed by atoms with Gasteiger partial charge in [-0.2, -0.15) is 13.2 Å². The van der Waals surface area contributed by atoms with Gasteiger partial charge >= 0.3 is 6.11 Å². The van der Waals surface area contributed by atoms with Crippen molar-refractivity contribution in [3.8, 4) is 5.88 Å². The molecule has 0 saturated heterocycles. The fourth-order valence-corrected chi connectivity index (χ4v) is 2.51. The van der Waals surface area contributed by atoms with E-state index in [-0.39, 0.29) is 12.3 Å². The second-order valence-electron chi connectivity index (χ2n) is 5.37. The number of ether oxygens (including phenoxy) is 1. The SMILES string of the molecule is CCC.CCCC(F)(F)Oc1nsnc1C1=CCCN(C)C1. The number of hydrogen-bond acceptors (Lipinski definition) is 5. The largest absolute Gasteiger partial charge is 0.411 e. The van der Waals surface area contributed by atoms with E-state index < -0.39 is 6.11 Å². The molecule has 0 N–H and O–H groups in total. The van der Waals surface area contributed by atoms with Crippen molar-refractivity contribution in [2.24, 2.45) is 0 Å². The summed E-state index contributed by atoms with van der Waals surface area (Å²) in [6, 6.07) is 0. The quantitative estimate of drug-likeness (QED) is 0.798. The molecule has 2 rings (SSSR count). The first-order valence-corrected chi connectivity index (χ1v) is 8.43. The highest BCUT2D eigenvalue weighted by Crippen LogP contribution is 2.32. The molecule has 0 aliphatic carbocycles. The van der Waals surface area contributed by atoms with Crippen LogP contribution < -0.4 is 4.74 Å². The Balaban J connectivity index is 0.000000745. The van der Waals surface area contributed by atoms with E-state index in [2.05, 4.69) is 27.5 Å². The molecule has 0 fully saturated rings. The van der Waals surface area contributed by atoms with E-state index in [9.17, 15) is 8.78 Å². The van der Waals surface area contributed by atoms with Crippen LogP contribution in [0.3, 0.4) is 0 Å². The Morgan fingerprint density at radius 2 is 2.00 bits per heavy atom. The average Bonchev–Trinajstić information content (AvgIpc) is 2.86. The van der Waals surface area contributed by atoms with Gasteiger partial charge in [0.25, 0.3) is 5.88 Å².